The Balaban J connectivity index is 1.92. The van der Waals surface area contributed by atoms with E-state index >= 15 is 14.2 Å². The summed E-state index contributed by atoms with van der Waals surface area (Å²) in [6.07, 6.45) is 39.1. The highest BCUT2D eigenvalue weighted by Crippen LogP contribution is 2.53. The van der Waals surface area contributed by atoms with Crippen molar-refractivity contribution < 1.29 is 90.0 Å². The lowest BCUT2D eigenvalue weighted by Crippen LogP contribution is -2.67. The van der Waals surface area contributed by atoms with E-state index in [0.29, 0.717) is 63.4 Å². The van der Waals surface area contributed by atoms with Gasteiger partial charge >= 0.3 is 37.7 Å². The number of aliphatic hydroxyl groups excluding tert-OH is 1. The maximum atomic E-state index is 15.9. The lowest BCUT2D eigenvalue weighted by molar-refractivity contribution is -0.272. The third-order valence-corrected chi connectivity index (χ3v) is 24.2. The molecule has 1 aliphatic heterocycles. The SMILES string of the molecule is CCCCCCCCCCC[C@H](CC(=O)N[C@@H](COC1O[C@H](CO)[C@@H](OP(=O)(Oc2ccccc2)Oc2ccccc2)[C@H](OC(=O)C[C@@H](CCCCCCCCCCC)OC(=O)CCCCCCCCC)[C@H]1NC(=O)C[C@@H](CCCCCCCCCCC)OC(=O)CCCCCCCCC)C(=O)OCc1ccccc1)OC(=O)CCCCCCCCC. The van der Waals surface area contributed by atoms with Gasteiger partial charge in [-0.1, -0.05) is 378 Å². The first-order chi connectivity index (χ1) is 59.5. The Morgan fingerprint density at radius 1 is 0.393 bits per heavy atom. The quantitative estimate of drug-likeness (QED) is 0.0205. The molecule has 3 aromatic rings. The molecular weight excluding hydrogens is 1560 g/mol. The summed E-state index contributed by atoms with van der Waals surface area (Å²) >= 11 is 0. The van der Waals surface area contributed by atoms with Gasteiger partial charge in [-0.3, -0.25) is 33.3 Å². The Hall–Kier alpha value is -6.38. The van der Waals surface area contributed by atoms with Crippen LogP contribution in [0.1, 0.15) is 413 Å². The topological polar surface area (TPSA) is 273 Å². The molecule has 1 aliphatic rings. The largest absolute Gasteiger partial charge is 0.588 e. The molecule has 0 aromatic heterocycles. The van der Waals surface area contributed by atoms with E-state index in [1.807, 2.05) is 6.07 Å². The average molecular weight is 1730 g/mol. The molecule has 3 N–H and O–H groups in total. The molecule has 694 valence electrons. The number of para-hydroxylation sites is 2. The van der Waals surface area contributed by atoms with Gasteiger partial charge in [-0.05, 0) is 87.6 Å². The maximum Gasteiger partial charge on any atom is 0.588 e. The van der Waals surface area contributed by atoms with Crippen LogP contribution in [0.2, 0.25) is 0 Å². The third-order valence-electron chi connectivity index (χ3n) is 22.8. The molecule has 1 unspecified atom stereocenters. The fraction of sp³-hybridized carbons (Fsp3) is 0.750. The molecule has 4 rings (SSSR count). The van der Waals surface area contributed by atoms with Crippen molar-refractivity contribution in [2.24, 2.45) is 0 Å². The highest BCUT2D eigenvalue weighted by atomic mass is 31.2. The molecule has 0 aliphatic carbocycles. The molecular formula is C100H165N2O19P. The summed E-state index contributed by atoms with van der Waals surface area (Å²) in [4.78, 5) is 103. The summed E-state index contributed by atoms with van der Waals surface area (Å²) in [5, 5.41) is 17.7. The van der Waals surface area contributed by atoms with Crippen molar-refractivity contribution in [2.45, 2.75) is 469 Å². The molecule has 0 bridgehead atoms. The summed E-state index contributed by atoms with van der Waals surface area (Å²) in [7, 11) is -5.08. The Kier molecular flexibility index (Phi) is 63.5. The van der Waals surface area contributed by atoms with Crippen molar-refractivity contribution >= 4 is 49.5 Å². The molecule has 9 atom stereocenters. The minimum Gasteiger partial charge on any atom is -0.462 e. The zero-order chi connectivity index (χ0) is 88.0. The molecule has 0 spiro atoms. The molecule has 1 saturated heterocycles. The number of nitrogens with one attached hydrogen (secondary N) is 2. The van der Waals surface area contributed by atoms with Crippen LogP contribution in [0.4, 0.5) is 0 Å². The fourth-order valence-corrected chi connectivity index (χ4v) is 17.0. The van der Waals surface area contributed by atoms with Gasteiger partial charge in [-0.15, -0.1) is 0 Å². The van der Waals surface area contributed by atoms with Gasteiger partial charge in [0, 0.05) is 19.3 Å². The Morgan fingerprint density at radius 3 is 1.08 bits per heavy atom. The van der Waals surface area contributed by atoms with Gasteiger partial charge in [0.1, 0.15) is 54.7 Å². The highest BCUT2D eigenvalue weighted by molar-refractivity contribution is 7.49. The standard InChI is InChI=1S/C100H165N2O19P/c1-7-13-19-25-31-34-40-43-54-70-85(114-92(106)73-61-46-37-28-22-16-10-4)76-90(104)101-88(99(110)112-80-82-64-52-49-53-65-82)81-113-100-96(102-91(105)77-86(71-55-44-41-35-32-26-20-14-8-2)115-93(107)74-62-47-38-29-23-17-11-5)98(97(89(79-103)117-100)121-122(111,119-83-66-57-50-58-67-83)120-84-68-59-51-60-69-84)118-95(109)78-87(72-56-45-42-36-33-27-21-15-9-3)116-94(108)75-63-48-39-30-24-18-12-6/h49-53,57-60,64-69,85-89,96-98,100,103H,7-48,54-56,61-63,70-81H2,1-6H3,(H,101,104)(H,102,105)/t85-,86-,87-,88+,89-,96-,97-,98-,100?/m1/s1. The first-order valence-corrected chi connectivity index (χ1v) is 50.2. The molecule has 0 radical (unpaired) electrons. The predicted octanol–water partition coefficient (Wildman–Crippen LogP) is 25.1. The van der Waals surface area contributed by atoms with Gasteiger partial charge in [0.25, 0.3) is 0 Å². The number of esters is 5. The van der Waals surface area contributed by atoms with Crippen LogP contribution in [-0.4, -0.2) is 115 Å². The first kappa shape index (κ1) is 108. The smallest absolute Gasteiger partial charge is 0.462 e. The molecule has 3 aromatic carbocycles. The minimum absolute atomic E-state index is 0.0459. The fourth-order valence-electron chi connectivity index (χ4n) is 15.6. The van der Waals surface area contributed by atoms with Gasteiger partial charge in [0.15, 0.2) is 18.4 Å². The Morgan fingerprint density at radius 2 is 0.721 bits per heavy atom. The molecule has 2 amide bonds. The number of aliphatic hydroxyl groups is 1. The number of ether oxygens (including phenoxy) is 7. The zero-order valence-corrected chi connectivity index (χ0v) is 77.4. The van der Waals surface area contributed by atoms with Crippen LogP contribution in [0, 0.1) is 0 Å². The third kappa shape index (κ3) is 53.2. The van der Waals surface area contributed by atoms with Gasteiger partial charge in [-0.2, -0.15) is 0 Å². The van der Waals surface area contributed by atoms with E-state index in [-0.39, 0.29) is 43.8 Å². The van der Waals surface area contributed by atoms with Gasteiger partial charge in [0.2, 0.25) is 11.8 Å². The number of rotatable bonds is 79. The van der Waals surface area contributed by atoms with Crippen LogP contribution in [-0.2, 0) is 82.4 Å². The minimum atomic E-state index is -5.08. The summed E-state index contributed by atoms with van der Waals surface area (Å²) in [6.45, 7) is 11.2. The lowest BCUT2D eigenvalue weighted by atomic mass is 9.95. The molecule has 1 heterocycles. The van der Waals surface area contributed by atoms with Crippen LogP contribution in [0.3, 0.4) is 0 Å². The second-order valence-electron chi connectivity index (χ2n) is 34.1. The molecule has 21 nitrogen and oxygen atoms in total. The van der Waals surface area contributed by atoms with Crippen molar-refractivity contribution in [3.63, 3.8) is 0 Å². The van der Waals surface area contributed by atoms with Crippen molar-refractivity contribution in [3.8, 4) is 11.5 Å². The summed E-state index contributed by atoms with van der Waals surface area (Å²) in [5.41, 5.74) is 0.642. The van der Waals surface area contributed by atoms with Crippen LogP contribution >= 0.6 is 7.82 Å². The van der Waals surface area contributed by atoms with Crippen molar-refractivity contribution in [2.75, 3.05) is 13.2 Å². The summed E-state index contributed by atoms with van der Waals surface area (Å²) < 4.78 is 79.9. The van der Waals surface area contributed by atoms with Crippen LogP contribution in [0.15, 0.2) is 91.0 Å². The monoisotopic (exact) mass is 1730 g/mol. The number of carbonyl (C=O) groups is 7. The number of hydrogen-bond acceptors (Lipinski definition) is 19. The summed E-state index contributed by atoms with van der Waals surface area (Å²) in [5.74, 6) is -4.48. The first-order valence-electron chi connectivity index (χ1n) is 48.8. The molecule has 1 fully saturated rings. The zero-order valence-electron chi connectivity index (χ0n) is 76.5. The van der Waals surface area contributed by atoms with Gasteiger partial charge in [-0.25, -0.2) is 9.36 Å². The van der Waals surface area contributed by atoms with E-state index in [0.717, 1.165) is 218 Å². The Bertz CT molecular complexity index is 3120. The highest BCUT2D eigenvalue weighted by Gasteiger charge is 2.54. The lowest BCUT2D eigenvalue weighted by Gasteiger charge is -2.45. The molecule has 22 heteroatoms. The van der Waals surface area contributed by atoms with Crippen molar-refractivity contribution in [1.82, 2.24) is 10.6 Å². The normalized spacial score (nSPS) is 16.2. The number of unbranched alkanes of at least 4 members (excludes halogenated alkanes) is 42. The van der Waals surface area contributed by atoms with E-state index in [1.54, 1.807) is 60.7 Å². The van der Waals surface area contributed by atoms with E-state index in [1.165, 1.54) is 75.6 Å². The number of benzene rings is 3. The molecule has 122 heavy (non-hydrogen) atoms. The van der Waals surface area contributed by atoms with Crippen LogP contribution < -0.4 is 19.7 Å². The summed E-state index contributed by atoms with van der Waals surface area (Å²) in [6, 6.07) is 21.8. The van der Waals surface area contributed by atoms with Crippen LogP contribution in [0.25, 0.3) is 0 Å². The number of phosphoric acid groups is 1. The average Bonchev–Trinajstić information content (AvgIpc) is 0.771. The van der Waals surface area contributed by atoms with Crippen molar-refractivity contribution in [3.05, 3.63) is 96.6 Å². The van der Waals surface area contributed by atoms with Crippen LogP contribution in [0.5, 0.6) is 11.5 Å². The number of phosphoric ester groups is 1. The van der Waals surface area contributed by atoms with Crippen molar-refractivity contribution in [1.29, 1.82) is 0 Å². The van der Waals surface area contributed by atoms with Gasteiger partial charge < -0.3 is 57.9 Å². The second kappa shape index (κ2) is 71.7. The van der Waals surface area contributed by atoms with Gasteiger partial charge in [0.05, 0.1) is 32.5 Å². The number of amides is 2. The number of hydrogen-bond donors (Lipinski definition) is 3. The maximum absolute atomic E-state index is 15.9. The van der Waals surface area contributed by atoms with E-state index < -0.39 is 131 Å². The predicted molar refractivity (Wildman–Crippen MR) is 485 cm³/mol. The Labute approximate surface area is 736 Å². The number of carbonyl (C=O) groups excluding carboxylic acids is 7. The second-order valence-corrected chi connectivity index (χ2v) is 35.5. The van der Waals surface area contributed by atoms with E-state index in [4.69, 9.17) is 46.7 Å². The molecule has 0 saturated carbocycles. The van der Waals surface area contributed by atoms with E-state index in [2.05, 4.69) is 52.2 Å². The van der Waals surface area contributed by atoms with E-state index in [9.17, 15) is 29.1 Å².